The summed E-state index contributed by atoms with van der Waals surface area (Å²) in [6, 6.07) is 16.1. The summed E-state index contributed by atoms with van der Waals surface area (Å²) in [6.07, 6.45) is 1.61. The molecule has 0 spiro atoms. The first-order valence-corrected chi connectivity index (χ1v) is 13.2. The molecular weight excluding hydrogens is 496 g/mol. The number of tetrazole rings is 1. The molecule has 5 rings (SSSR count). The molecular formula is C28H32N8O3. The van der Waals surface area contributed by atoms with Gasteiger partial charge in [-0.15, -0.1) is 10.2 Å². The molecule has 0 aliphatic heterocycles. The van der Waals surface area contributed by atoms with E-state index in [1.54, 1.807) is 14.0 Å². The molecule has 3 aromatic heterocycles. The smallest absolute Gasteiger partial charge is 0.334 e. The topological polar surface area (TPSA) is 126 Å². The summed E-state index contributed by atoms with van der Waals surface area (Å²) in [5.41, 5.74) is 3.94. The van der Waals surface area contributed by atoms with E-state index >= 15 is 0 Å². The molecule has 0 saturated carbocycles. The molecule has 39 heavy (non-hydrogen) atoms. The van der Waals surface area contributed by atoms with Crippen LogP contribution in [0.1, 0.15) is 51.2 Å². The summed E-state index contributed by atoms with van der Waals surface area (Å²) in [7, 11) is 1.54. The van der Waals surface area contributed by atoms with Crippen LogP contribution in [0, 0.1) is 0 Å². The van der Waals surface area contributed by atoms with E-state index in [0.29, 0.717) is 42.9 Å². The summed E-state index contributed by atoms with van der Waals surface area (Å²) < 4.78 is 10.2. The molecule has 5 aromatic rings. The highest BCUT2D eigenvalue weighted by atomic mass is 16.5. The van der Waals surface area contributed by atoms with E-state index < -0.39 is 11.9 Å². The lowest BCUT2D eigenvalue weighted by atomic mass is 9.98. The van der Waals surface area contributed by atoms with Gasteiger partial charge in [-0.3, -0.25) is 9.36 Å². The maximum Gasteiger partial charge on any atom is 0.334 e. The SMILES string of the molecule is CCCc1nc2c(c(=O)n(CCC)c(=O)n2C(C)OC)n1Cc1ccc(-c2ccccc2-c2nn[nH]n2)cc1. The Bertz CT molecular complexity index is 1700. The predicted octanol–water partition coefficient (Wildman–Crippen LogP) is 3.78. The highest BCUT2D eigenvalue weighted by Gasteiger charge is 2.23. The fraction of sp³-hybridized carbons (Fsp3) is 0.357. The Morgan fingerprint density at radius 1 is 0.974 bits per heavy atom. The third-order valence-electron chi connectivity index (χ3n) is 6.89. The van der Waals surface area contributed by atoms with E-state index in [1.807, 2.05) is 60.0 Å². The number of hydrogen-bond acceptors (Lipinski definition) is 7. The van der Waals surface area contributed by atoms with Gasteiger partial charge in [0.05, 0.1) is 0 Å². The van der Waals surface area contributed by atoms with Crippen molar-refractivity contribution in [2.45, 2.75) is 59.4 Å². The molecule has 0 aliphatic rings. The van der Waals surface area contributed by atoms with Crippen LogP contribution in [-0.2, 0) is 24.2 Å². The third-order valence-corrected chi connectivity index (χ3v) is 6.89. The van der Waals surface area contributed by atoms with Crippen LogP contribution in [0.15, 0.2) is 58.1 Å². The maximum absolute atomic E-state index is 13.6. The molecule has 3 heterocycles. The van der Waals surface area contributed by atoms with Crippen LogP contribution in [0.2, 0.25) is 0 Å². The molecule has 1 atom stereocenters. The van der Waals surface area contributed by atoms with Crippen molar-refractivity contribution in [3.05, 3.63) is 80.8 Å². The van der Waals surface area contributed by atoms with Crippen molar-refractivity contribution in [2.75, 3.05) is 7.11 Å². The second-order valence-electron chi connectivity index (χ2n) is 9.46. The second-order valence-corrected chi connectivity index (χ2v) is 9.46. The Morgan fingerprint density at radius 2 is 1.72 bits per heavy atom. The van der Waals surface area contributed by atoms with Crippen LogP contribution in [-0.4, -0.2) is 46.4 Å². The molecule has 11 heteroatoms. The number of fused-ring (bicyclic) bond motifs is 1. The Hall–Kier alpha value is -4.38. The van der Waals surface area contributed by atoms with Crippen LogP contribution in [0.4, 0.5) is 0 Å². The minimum atomic E-state index is -0.569. The zero-order valence-corrected chi connectivity index (χ0v) is 22.6. The van der Waals surface area contributed by atoms with Gasteiger partial charge in [-0.25, -0.2) is 14.3 Å². The zero-order valence-electron chi connectivity index (χ0n) is 22.6. The average Bonchev–Trinajstić information content (AvgIpc) is 3.61. The summed E-state index contributed by atoms with van der Waals surface area (Å²) in [4.78, 5) is 31.8. The number of aromatic nitrogens is 8. The lowest BCUT2D eigenvalue weighted by Crippen LogP contribution is -2.42. The molecule has 11 nitrogen and oxygen atoms in total. The maximum atomic E-state index is 13.6. The minimum absolute atomic E-state index is 0.322. The normalized spacial score (nSPS) is 12.3. The minimum Gasteiger partial charge on any atom is -0.361 e. The van der Waals surface area contributed by atoms with Crippen molar-refractivity contribution >= 4 is 11.2 Å². The highest BCUT2D eigenvalue weighted by molar-refractivity contribution is 5.80. The van der Waals surface area contributed by atoms with Gasteiger partial charge in [-0.2, -0.15) is 5.21 Å². The van der Waals surface area contributed by atoms with Crippen molar-refractivity contribution in [3.63, 3.8) is 0 Å². The van der Waals surface area contributed by atoms with Crippen molar-refractivity contribution in [1.82, 2.24) is 39.3 Å². The lowest BCUT2D eigenvalue weighted by molar-refractivity contribution is 0.0585. The van der Waals surface area contributed by atoms with E-state index in [0.717, 1.165) is 34.5 Å². The van der Waals surface area contributed by atoms with Gasteiger partial charge in [-0.05, 0) is 41.7 Å². The van der Waals surface area contributed by atoms with Crippen molar-refractivity contribution < 1.29 is 4.74 Å². The number of rotatable bonds is 10. The van der Waals surface area contributed by atoms with Gasteiger partial charge < -0.3 is 9.30 Å². The molecule has 0 fully saturated rings. The number of aryl methyl sites for hydroxylation is 1. The Morgan fingerprint density at radius 3 is 2.36 bits per heavy atom. The Labute approximate surface area is 225 Å². The van der Waals surface area contributed by atoms with Crippen LogP contribution in [0.3, 0.4) is 0 Å². The number of methoxy groups -OCH3 is 1. The quantitative estimate of drug-likeness (QED) is 0.292. The molecule has 1 unspecified atom stereocenters. The first kappa shape index (κ1) is 26.2. The van der Waals surface area contributed by atoms with Crippen molar-refractivity contribution in [1.29, 1.82) is 0 Å². The van der Waals surface area contributed by atoms with E-state index in [2.05, 4.69) is 27.5 Å². The highest BCUT2D eigenvalue weighted by Crippen LogP contribution is 2.30. The molecule has 202 valence electrons. The fourth-order valence-electron chi connectivity index (χ4n) is 4.92. The molecule has 0 aliphatic carbocycles. The summed E-state index contributed by atoms with van der Waals surface area (Å²) >= 11 is 0. The molecule has 0 radical (unpaired) electrons. The first-order valence-electron chi connectivity index (χ1n) is 13.2. The number of ether oxygens (including phenoxy) is 1. The van der Waals surface area contributed by atoms with Gasteiger partial charge in [0.15, 0.2) is 11.2 Å². The summed E-state index contributed by atoms with van der Waals surface area (Å²) in [5, 5.41) is 14.5. The van der Waals surface area contributed by atoms with Gasteiger partial charge >= 0.3 is 5.69 Å². The van der Waals surface area contributed by atoms with E-state index in [4.69, 9.17) is 9.72 Å². The van der Waals surface area contributed by atoms with Gasteiger partial charge in [0.25, 0.3) is 5.56 Å². The third kappa shape index (κ3) is 4.81. The Kier molecular flexibility index (Phi) is 7.51. The number of hydrogen-bond donors (Lipinski definition) is 1. The number of nitrogens with zero attached hydrogens (tertiary/aromatic N) is 7. The Balaban J connectivity index is 1.61. The zero-order chi connectivity index (χ0) is 27.5. The van der Waals surface area contributed by atoms with Crippen molar-refractivity contribution in [2.24, 2.45) is 0 Å². The molecule has 0 bridgehead atoms. The number of benzene rings is 2. The lowest BCUT2D eigenvalue weighted by Gasteiger charge is -2.16. The second kappa shape index (κ2) is 11.2. The number of aromatic amines is 1. The van der Waals surface area contributed by atoms with E-state index in [1.165, 1.54) is 9.13 Å². The van der Waals surface area contributed by atoms with Gasteiger partial charge in [0.2, 0.25) is 5.82 Å². The predicted molar refractivity (Wildman–Crippen MR) is 148 cm³/mol. The van der Waals surface area contributed by atoms with Crippen molar-refractivity contribution in [3.8, 4) is 22.5 Å². The largest absolute Gasteiger partial charge is 0.361 e. The first-order chi connectivity index (χ1) is 19.0. The van der Waals surface area contributed by atoms with Crippen LogP contribution in [0.5, 0.6) is 0 Å². The number of H-pyrrole nitrogens is 1. The van der Waals surface area contributed by atoms with Gasteiger partial charge in [-0.1, -0.05) is 62.4 Å². The van der Waals surface area contributed by atoms with Crippen LogP contribution in [0.25, 0.3) is 33.7 Å². The van der Waals surface area contributed by atoms with Crippen LogP contribution < -0.4 is 11.2 Å². The van der Waals surface area contributed by atoms with Gasteiger partial charge in [0, 0.05) is 32.2 Å². The molecule has 0 saturated heterocycles. The molecule has 2 aromatic carbocycles. The van der Waals surface area contributed by atoms with Gasteiger partial charge in [0.1, 0.15) is 12.1 Å². The summed E-state index contributed by atoms with van der Waals surface area (Å²) in [6.45, 7) is 6.57. The molecule has 1 N–H and O–H groups in total. The fourth-order valence-corrected chi connectivity index (χ4v) is 4.92. The number of imidazole rings is 1. The monoisotopic (exact) mass is 528 g/mol. The summed E-state index contributed by atoms with van der Waals surface area (Å²) in [5.74, 6) is 1.30. The average molecular weight is 529 g/mol. The van der Waals surface area contributed by atoms with Crippen LogP contribution >= 0.6 is 0 Å². The standard InChI is InChI=1S/C28H32N8O3/c1-5-9-23-29-26-24(27(37)34(16-6-2)28(38)36(26)18(3)39-4)35(23)17-19-12-14-20(15-13-19)21-10-7-8-11-22(21)25-30-32-33-31-25/h7-8,10-15,18H,5-6,9,16-17H2,1-4H3,(H,30,31,32,33). The molecule has 0 amide bonds. The van der Waals surface area contributed by atoms with E-state index in [-0.39, 0.29) is 5.56 Å². The number of nitrogens with one attached hydrogen (secondary N) is 1. The van der Waals surface area contributed by atoms with E-state index in [9.17, 15) is 9.59 Å².